The average Bonchev–Trinajstić information content (AvgIpc) is 2.05. The zero-order valence-electron chi connectivity index (χ0n) is 6.98. The molecule has 0 bridgehead atoms. The van der Waals surface area contributed by atoms with Gasteiger partial charge in [-0.3, -0.25) is 0 Å². The number of rotatable bonds is 0. The third-order valence-corrected chi connectivity index (χ3v) is 1.55. The van der Waals surface area contributed by atoms with Crippen LogP contribution in [-0.4, -0.2) is 6.61 Å². The van der Waals surface area contributed by atoms with Crippen molar-refractivity contribution in [2.45, 2.75) is 0 Å². The smallest absolute Gasteiger partial charge is 0.126 e. The van der Waals surface area contributed by atoms with E-state index >= 15 is 0 Å². The van der Waals surface area contributed by atoms with Crippen LogP contribution in [-0.2, 0) is 33.6 Å². The van der Waals surface area contributed by atoms with Crippen molar-refractivity contribution in [2.24, 2.45) is 0 Å². The molecule has 0 saturated heterocycles. The summed E-state index contributed by atoms with van der Waals surface area (Å²) in [6.45, 7) is 0.705. The minimum absolute atomic E-state index is 0. The van der Waals surface area contributed by atoms with E-state index in [9.17, 15) is 0 Å². The summed E-state index contributed by atoms with van der Waals surface area (Å²) in [6.07, 6.45) is 4.10. The Hall–Kier alpha value is -0.267. The summed E-state index contributed by atoms with van der Waals surface area (Å²) >= 11 is 0. The summed E-state index contributed by atoms with van der Waals surface area (Å²) < 4.78 is 5.34. The second-order valence-corrected chi connectivity index (χ2v) is 2.25. The van der Waals surface area contributed by atoms with Gasteiger partial charge in [0.2, 0.25) is 0 Å². The van der Waals surface area contributed by atoms with Gasteiger partial charge in [-0.1, -0.05) is 24.3 Å². The predicted octanol–water partition coefficient (Wildman–Crippen LogP) is 2.25. The van der Waals surface area contributed by atoms with E-state index in [4.69, 9.17) is 4.74 Å². The normalized spacial score (nSPS) is 10.8. The molecule has 1 heterocycles. The van der Waals surface area contributed by atoms with Crippen molar-refractivity contribution < 1.29 is 38.3 Å². The van der Waals surface area contributed by atoms with Gasteiger partial charge in [0.1, 0.15) is 12.4 Å². The van der Waals surface area contributed by atoms with Gasteiger partial charge in [-0.05, 0) is 12.1 Å². The first-order chi connectivity index (χ1) is 4.97. The second-order valence-electron chi connectivity index (χ2n) is 2.25. The van der Waals surface area contributed by atoms with Crippen molar-refractivity contribution >= 4 is 6.08 Å². The van der Waals surface area contributed by atoms with Gasteiger partial charge >= 0.3 is 0 Å². The first-order valence-electron chi connectivity index (χ1n) is 3.35. The molecule has 0 spiro atoms. The summed E-state index contributed by atoms with van der Waals surface area (Å²) in [4.78, 5) is 0. The van der Waals surface area contributed by atoms with Gasteiger partial charge in [0, 0.05) is 39.1 Å². The van der Waals surface area contributed by atoms with Crippen LogP contribution in [0.4, 0.5) is 0 Å². The van der Waals surface area contributed by atoms with Crippen LogP contribution in [0.5, 0.6) is 5.75 Å². The Morgan fingerprint density at radius 2 is 1.85 bits per heavy atom. The zero-order chi connectivity index (χ0) is 6.81. The maximum Gasteiger partial charge on any atom is 0.126 e. The molecule has 0 aromatic heterocycles. The minimum Gasteiger partial charge on any atom is -0.489 e. The van der Waals surface area contributed by atoms with Crippen molar-refractivity contribution in [2.75, 3.05) is 6.61 Å². The second kappa shape index (κ2) is 7.17. The largest absolute Gasteiger partial charge is 0.489 e. The Kier molecular flexibility index (Phi) is 8.39. The molecule has 2 nitrogen and oxygen atoms in total. The Labute approximate surface area is 98.7 Å². The van der Waals surface area contributed by atoms with E-state index < -0.39 is 0 Å². The van der Waals surface area contributed by atoms with Crippen molar-refractivity contribution in [1.82, 2.24) is 6.15 Å². The van der Waals surface area contributed by atoms with Gasteiger partial charge < -0.3 is 10.9 Å². The topological polar surface area (TPSA) is 44.2 Å². The Bertz CT molecular complexity index is 278. The molecule has 2 rings (SSSR count). The Balaban J connectivity index is 0. The van der Waals surface area contributed by atoms with E-state index in [1.165, 1.54) is 5.56 Å². The van der Waals surface area contributed by atoms with Crippen LogP contribution in [0.25, 0.3) is 6.08 Å². The fourth-order valence-corrected chi connectivity index (χ4v) is 1.06. The maximum absolute atomic E-state index is 5.34. The van der Waals surface area contributed by atoms with Crippen LogP contribution >= 0.6 is 0 Å². The molecule has 1 aliphatic heterocycles. The van der Waals surface area contributed by atoms with Gasteiger partial charge in [-0.2, -0.15) is 0 Å². The van der Waals surface area contributed by atoms with Gasteiger partial charge in [-0.15, -0.1) is 0 Å². The van der Waals surface area contributed by atoms with E-state index in [-0.39, 0.29) is 39.7 Å². The molecular formula is C9H11MnNNiO. The van der Waals surface area contributed by atoms with E-state index in [0.717, 1.165) is 5.75 Å². The van der Waals surface area contributed by atoms with Gasteiger partial charge in [0.15, 0.2) is 0 Å². The standard InChI is InChI=1S/C9H8O.Mn.H3N.Ni/c1-2-6-9-8(4-1)5-3-7-10-9;;;/h1-6H,7H2;;1H3;. The fraction of sp³-hybridized carbons (Fsp3) is 0.111. The molecular weight excluding hydrogens is 252 g/mol. The molecule has 75 valence electrons. The zero-order valence-corrected chi connectivity index (χ0v) is 9.15. The van der Waals surface area contributed by atoms with Crippen molar-refractivity contribution in [1.29, 1.82) is 0 Å². The van der Waals surface area contributed by atoms with Crippen molar-refractivity contribution in [3.63, 3.8) is 0 Å². The minimum atomic E-state index is 0. The molecule has 1 radical (unpaired) electrons. The summed E-state index contributed by atoms with van der Waals surface area (Å²) in [6, 6.07) is 8.03. The Morgan fingerprint density at radius 3 is 2.54 bits per heavy atom. The van der Waals surface area contributed by atoms with Crippen LogP contribution in [0.1, 0.15) is 5.56 Å². The number of fused-ring (bicyclic) bond motifs is 1. The third-order valence-electron chi connectivity index (χ3n) is 1.55. The molecule has 1 aliphatic rings. The van der Waals surface area contributed by atoms with E-state index in [0.29, 0.717) is 6.61 Å². The molecule has 13 heavy (non-hydrogen) atoms. The summed E-state index contributed by atoms with van der Waals surface area (Å²) in [5.41, 5.74) is 1.17. The summed E-state index contributed by atoms with van der Waals surface area (Å²) in [5.74, 6) is 0.991. The quantitative estimate of drug-likeness (QED) is 0.729. The number of para-hydroxylation sites is 1. The van der Waals surface area contributed by atoms with Gasteiger partial charge in [0.05, 0.1) is 0 Å². The molecule has 0 unspecified atom stereocenters. The number of hydrogen-bond donors (Lipinski definition) is 1. The molecule has 0 aliphatic carbocycles. The molecule has 1 aromatic carbocycles. The summed E-state index contributed by atoms with van der Waals surface area (Å²) in [7, 11) is 0. The first kappa shape index (κ1) is 15.2. The van der Waals surface area contributed by atoms with E-state index in [1.54, 1.807) is 0 Å². The van der Waals surface area contributed by atoms with E-state index in [1.807, 2.05) is 30.3 Å². The van der Waals surface area contributed by atoms with Crippen LogP contribution in [0.2, 0.25) is 0 Å². The van der Waals surface area contributed by atoms with E-state index in [2.05, 4.69) is 6.08 Å². The molecule has 3 N–H and O–H groups in total. The fourth-order valence-electron chi connectivity index (χ4n) is 1.06. The van der Waals surface area contributed by atoms with Gasteiger partial charge in [-0.25, -0.2) is 0 Å². The van der Waals surface area contributed by atoms with Crippen LogP contribution in [0, 0.1) is 0 Å². The van der Waals surface area contributed by atoms with Crippen LogP contribution in [0.15, 0.2) is 30.3 Å². The number of ether oxygens (including phenoxy) is 1. The molecule has 0 amide bonds. The molecule has 0 fully saturated rings. The molecule has 0 atom stereocenters. The van der Waals surface area contributed by atoms with Crippen LogP contribution in [0.3, 0.4) is 0 Å². The van der Waals surface area contributed by atoms with Crippen molar-refractivity contribution in [3.8, 4) is 5.75 Å². The molecule has 0 saturated carbocycles. The third kappa shape index (κ3) is 3.53. The summed E-state index contributed by atoms with van der Waals surface area (Å²) in [5, 5.41) is 0. The Morgan fingerprint density at radius 1 is 1.15 bits per heavy atom. The average molecular weight is 263 g/mol. The SMILES string of the molecule is C1=Cc2ccccc2OC1.N.[Mn].[Ni]. The van der Waals surface area contributed by atoms with Gasteiger partial charge in [0.25, 0.3) is 0 Å². The van der Waals surface area contributed by atoms with Crippen molar-refractivity contribution in [3.05, 3.63) is 35.9 Å². The monoisotopic (exact) mass is 262 g/mol. The number of hydrogen-bond acceptors (Lipinski definition) is 2. The predicted molar refractivity (Wildman–Crippen MR) is 46.0 cm³/mol. The first-order valence-corrected chi connectivity index (χ1v) is 3.35. The molecule has 1 aromatic rings. The maximum atomic E-state index is 5.34. The number of benzene rings is 1. The van der Waals surface area contributed by atoms with Crippen LogP contribution < -0.4 is 10.9 Å². The molecule has 4 heteroatoms.